The molecule has 1 aliphatic heterocycles. The van der Waals surface area contributed by atoms with Crippen LogP contribution in [-0.4, -0.2) is 51.4 Å². The van der Waals surface area contributed by atoms with E-state index in [1.54, 1.807) is 17.0 Å². The molecular weight excluding hydrogens is 488 g/mol. The van der Waals surface area contributed by atoms with Gasteiger partial charge < -0.3 is 14.3 Å². The first-order valence-electron chi connectivity index (χ1n) is 14.2. The van der Waals surface area contributed by atoms with Crippen LogP contribution in [0.3, 0.4) is 0 Å². The maximum Gasteiger partial charge on any atom is 0.249 e. The van der Waals surface area contributed by atoms with E-state index < -0.39 is 0 Å². The summed E-state index contributed by atoms with van der Waals surface area (Å²) < 4.78 is 5.62. The molecule has 2 amide bonds. The van der Waals surface area contributed by atoms with Crippen molar-refractivity contribution < 1.29 is 14.1 Å². The van der Waals surface area contributed by atoms with Crippen molar-refractivity contribution in [2.45, 2.75) is 103 Å². The first-order valence-corrected chi connectivity index (χ1v) is 14.6. The SMILES string of the molecule is CCCCCCCCCC(=O)N(CCCC)CC(=O)N1CCCCC1c1nc(-c2cccc(Cl)c2)no1. The van der Waals surface area contributed by atoms with E-state index in [2.05, 4.69) is 24.0 Å². The van der Waals surface area contributed by atoms with Crippen molar-refractivity contribution in [2.24, 2.45) is 0 Å². The second-order valence-corrected chi connectivity index (χ2v) is 10.5. The molecule has 2 heterocycles. The topological polar surface area (TPSA) is 79.5 Å². The number of carbonyl (C=O) groups is 2. The van der Waals surface area contributed by atoms with E-state index in [-0.39, 0.29) is 24.4 Å². The van der Waals surface area contributed by atoms with E-state index in [1.165, 1.54) is 32.1 Å². The monoisotopic (exact) mass is 530 g/mol. The first kappa shape index (κ1) is 29.2. The number of aromatic nitrogens is 2. The van der Waals surface area contributed by atoms with E-state index in [4.69, 9.17) is 16.1 Å². The van der Waals surface area contributed by atoms with Gasteiger partial charge in [-0.15, -0.1) is 0 Å². The van der Waals surface area contributed by atoms with Crippen LogP contribution in [0, 0.1) is 0 Å². The van der Waals surface area contributed by atoms with Crippen LogP contribution < -0.4 is 0 Å². The number of halogens is 1. The predicted molar refractivity (Wildman–Crippen MR) is 147 cm³/mol. The third kappa shape index (κ3) is 9.13. The Hall–Kier alpha value is -2.41. The summed E-state index contributed by atoms with van der Waals surface area (Å²) in [6.45, 7) is 5.69. The second kappa shape index (κ2) is 15.8. The zero-order valence-electron chi connectivity index (χ0n) is 22.6. The first-order chi connectivity index (χ1) is 18.0. The highest BCUT2D eigenvalue weighted by atomic mass is 35.5. The van der Waals surface area contributed by atoms with Crippen molar-refractivity contribution in [3.05, 3.63) is 35.2 Å². The van der Waals surface area contributed by atoms with E-state index in [0.717, 1.165) is 50.5 Å². The Labute approximate surface area is 226 Å². The van der Waals surface area contributed by atoms with Crippen LogP contribution in [0.25, 0.3) is 11.4 Å². The Bertz CT molecular complexity index is 980. The summed E-state index contributed by atoms with van der Waals surface area (Å²) in [5.41, 5.74) is 0.776. The molecular formula is C29H43ClN4O3. The zero-order chi connectivity index (χ0) is 26.5. The number of piperidine rings is 1. The molecule has 0 bridgehead atoms. The molecule has 1 atom stereocenters. The molecule has 0 spiro atoms. The van der Waals surface area contributed by atoms with Gasteiger partial charge in [0.1, 0.15) is 6.04 Å². The maximum absolute atomic E-state index is 13.5. The Morgan fingerprint density at radius 2 is 1.81 bits per heavy atom. The average molecular weight is 531 g/mol. The van der Waals surface area contributed by atoms with Crippen LogP contribution in [0.5, 0.6) is 0 Å². The molecule has 2 aromatic rings. The number of unbranched alkanes of at least 4 members (excludes halogenated alkanes) is 7. The minimum atomic E-state index is -0.270. The van der Waals surface area contributed by atoms with Crippen LogP contribution in [0.2, 0.25) is 5.02 Å². The fourth-order valence-electron chi connectivity index (χ4n) is 4.89. The number of nitrogens with zero attached hydrogens (tertiary/aromatic N) is 4. The van der Waals surface area contributed by atoms with Crippen LogP contribution >= 0.6 is 11.6 Å². The molecule has 37 heavy (non-hydrogen) atoms. The highest BCUT2D eigenvalue weighted by Gasteiger charge is 2.33. The van der Waals surface area contributed by atoms with Crippen molar-refractivity contribution in [3.8, 4) is 11.4 Å². The Morgan fingerprint density at radius 1 is 1.05 bits per heavy atom. The largest absolute Gasteiger partial charge is 0.337 e. The molecule has 1 saturated heterocycles. The summed E-state index contributed by atoms with van der Waals surface area (Å²) >= 11 is 6.12. The average Bonchev–Trinajstić information content (AvgIpc) is 3.40. The van der Waals surface area contributed by atoms with E-state index >= 15 is 0 Å². The number of likely N-dealkylation sites (tertiary alicyclic amines) is 1. The van der Waals surface area contributed by atoms with Crippen LogP contribution in [-0.2, 0) is 9.59 Å². The van der Waals surface area contributed by atoms with Gasteiger partial charge in [-0.05, 0) is 44.2 Å². The van der Waals surface area contributed by atoms with Gasteiger partial charge in [-0.1, -0.05) is 87.7 Å². The summed E-state index contributed by atoms with van der Waals surface area (Å²) in [6.07, 6.45) is 13.3. The van der Waals surface area contributed by atoms with E-state index in [9.17, 15) is 9.59 Å². The lowest BCUT2D eigenvalue weighted by molar-refractivity contribution is -0.143. The van der Waals surface area contributed by atoms with Crippen LogP contribution in [0.15, 0.2) is 28.8 Å². The lowest BCUT2D eigenvalue weighted by Gasteiger charge is -2.35. The summed E-state index contributed by atoms with van der Waals surface area (Å²) in [4.78, 5) is 34.7. The van der Waals surface area contributed by atoms with Crippen molar-refractivity contribution in [1.29, 1.82) is 0 Å². The molecule has 1 aromatic heterocycles. The lowest BCUT2D eigenvalue weighted by atomic mass is 10.0. The minimum Gasteiger partial charge on any atom is -0.337 e. The van der Waals surface area contributed by atoms with Gasteiger partial charge in [-0.3, -0.25) is 9.59 Å². The lowest BCUT2D eigenvalue weighted by Crippen LogP contribution is -2.46. The molecule has 0 radical (unpaired) electrons. The Balaban J connectivity index is 1.60. The molecule has 0 saturated carbocycles. The summed E-state index contributed by atoms with van der Waals surface area (Å²) in [7, 11) is 0. The quantitative estimate of drug-likeness (QED) is 0.227. The fourth-order valence-corrected chi connectivity index (χ4v) is 5.08. The summed E-state index contributed by atoms with van der Waals surface area (Å²) in [5, 5.41) is 4.75. The van der Waals surface area contributed by atoms with Gasteiger partial charge in [0.25, 0.3) is 0 Å². The van der Waals surface area contributed by atoms with Crippen LogP contribution in [0.1, 0.15) is 109 Å². The number of rotatable bonds is 15. The molecule has 1 aliphatic rings. The third-order valence-electron chi connectivity index (χ3n) is 7.09. The van der Waals surface area contributed by atoms with Gasteiger partial charge in [-0.2, -0.15) is 4.98 Å². The number of benzene rings is 1. The van der Waals surface area contributed by atoms with Crippen LogP contribution in [0.4, 0.5) is 0 Å². The fraction of sp³-hybridized carbons (Fsp3) is 0.655. The van der Waals surface area contributed by atoms with Gasteiger partial charge in [0.15, 0.2) is 0 Å². The Kier molecular flexibility index (Phi) is 12.4. The zero-order valence-corrected chi connectivity index (χ0v) is 23.3. The van der Waals surface area contributed by atoms with Crippen molar-refractivity contribution >= 4 is 23.4 Å². The third-order valence-corrected chi connectivity index (χ3v) is 7.32. The van der Waals surface area contributed by atoms with Gasteiger partial charge in [0, 0.05) is 30.1 Å². The Morgan fingerprint density at radius 3 is 2.57 bits per heavy atom. The normalized spacial score (nSPS) is 15.6. The molecule has 1 aromatic carbocycles. The molecule has 1 fully saturated rings. The molecule has 0 N–H and O–H groups in total. The van der Waals surface area contributed by atoms with Gasteiger partial charge >= 0.3 is 0 Å². The predicted octanol–water partition coefficient (Wildman–Crippen LogP) is 7.21. The molecule has 7 nitrogen and oxygen atoms in total. The smallest absolute Gasteiger partial charge is 0.249 e. The van der Waals surface area contributed by atoms with Crippen molar-refractivity contribution in [3.63, 3.8) is 0 Å². The van der Waals surface area contributed by atoms with E-state index in [1.807, 2.05) is 17.0 Å². The number of carbonyl (C=O) groups excluding carboxylic acids is 2. The maximum atomic E-state index is 13.5. The highest BCUT2D eigenvalue weighted by molar-refractivity contribution is 6.30. The van der Waals surface area contributed by atoms with Crippen molar-refractivity contribution in [1.82, 2.24) is 19.9 Å². The van der Waals surface area contributed by atoms with Crippen molar-refractivity contribution in [2.75, 3.05) is 19.6 Å². The minimum absolute atomic E-state index is 0.0452. The standard InChI is InChI=1S/C29H43ClN4O3/c1-3-5-7-8-9-10-11-18-26(35)33(19-6-4-2)22-27(36)34-20-13-12-17-25(34)29-31-28(32-37-29)23-15-14-16-24(30)21-23/h14-16,21,25H,3-13,17-20,22H2,1-2H3. The molecule has 1 unspecified atom stereocenters. The molecule has 0 aliphatic carbocycles. The summed E-state index contributed by atoms with van der Waals surface area (Å²) in [5.74, 6) is 0.948. The number of hydrogen-bond acceptors (Lipinski definition) is 5. The van der Waals surface area contributed by atoms with Gasteiger partial charge in [-0.25, -0.2) is 0 Å². The highest BCUT2D eigenvalue weighted by Crippen LogP contribution is 2.31. The van der Waals surface area contributed by atoms with Gasteiger partial charge in [0.2, 0.25) is 23.5 Å². The number of amides is 2. The molecule has 8 heteroatoms. The van der Waals surface area contributed by atoms with E-state index in [0.29, 0.717) is 36.2 Å². The molecule has 3 rings (SSSR count). The summed E-state index contributed by atoms with van der Waals surface area (Å²) in [6, 6.07) is 7.05. The van der Waals surface area contributed by atoms with Gasteiger partial charge in [0.05, 0.1) is 6.54 Å². The number of hydrogen-bond donors (Lipinski definition) is 0. The molecule has 204 valence electrons. The second-order valence-electron chi connectivity index (χ2n) is 10.1.